The highest BCUT2D eigenvalue weighted by Gasteiger charge is 2.35. The summed E-state index contributed by atoms with van der Waals surface area (Å²) in [5.41, 5.74) is 16.0. The van der Waals surface area contributed by atoms with Gasteiger partial charge in [-0.1, -0.05) is 178 Å². The minimum absolute atomic E-state index is 0.105. The van der Waals surface area contributed by atoms with Crippen LogP contribution in [0.3, 0.4) is 0 Å². The smallest absolute Gasteiger partial charge is 0.0467 e. The Balaban J connectivity index is 1.01. The Hall–Kier alpha value is -7.22. The molecule has 0 saturated carbocycles. The first-order chi connectivity index (χ1) is 28.5. The first-order valence-corrected chi connectivity index (χ1v) is 20.2. The van der Waals surface area contributed by atoms with Crippen molar-refractivity contribution in [1.29, 1.82) is 0 Å². The van der Waals surface area contributed by atoms with E-state index in [1.165, 1.54) is 88.0 Å². The van der Waals surface area contributed by atoms with Crippen molar-refractivity contribution in [2.75, 3.05) is 4.90 Å². The summed E-state index contributed by atoms with van der Waals surface area (Å²) in [4.78, 5) is 2.43. The fourth-order valence-electron chi connectivity index (χ4n) is 9.43. The van der Waals surface area contributed by atoms with Gasteiger partial charge >= 0.3 is 0 Å². The van der Waals surface area contributed by atoms with Crippen molar-refractivity contribution >= 4 is 49.4 Å². The molecule has 0 radical (unpaired) electrons. The molecular weight excluding hydrogens is 699 g/mol. The van der Waals surface area contributed by atoms with Gasteiger partial charge < -0.3 is 4.90 Å². The molecule has 58 heavy (non-hydrogen) atoms. The van der Waals surface area contributed by atoms with Crippen molar-refractivity contribution in [3.63, 3.8) is 0 Å². The van der Waals surface area contributed by atoms with Crippen LogP contribution in [-0.4, -0.2) is 0 Å². The van der Waals surface area contributed by atoms with Crippen LogP contribution in [0.2, 0.25) is 0 Å². The SMILES string of the molecule is CC1(C)c2ccccc2-c2ccc(N(c3ccc(-c4cccc5ccccc45)cc3)c3cccc(-c4ccc5c(ccc6cc(-c7ccccc7)ccc65)c4)c3)cc21. The predicted molar refractivity (Wildman–Crippen MR) is 248 cm³/mol. The molecule has 0 aliphatic heterocycles. The third kappa shape index (κ3) is 5.62. The molecule has 11 rings (SSSR count). The molecule has 0 fully saturated rings. The van der Waals surface area contributed by atoms with E-state index in [0.717, 1.165) is 17.1 Å². The third-order valence-electron chi connectivity index (χ3n) is 12.4. The van der Waals surface area contributed by atoms with Crippen LogP contribution in [-0.2, 0) is 5.41 Å². The minimum Gasteiger partial charge on any atom is -0.310 e. The Bertz CT molecular complexity index is 3180. The molecule has 0 aromatic heterocycles. The molecule has 1 heteroatoms. The third-order valence-corrected chi connectivity index (χ3v) is 12.4. The average molecular weight is 740 g/mol. The van der Waals surface area contributed by atoms with Crippen molar-refractivity contribution in [2.45, 2.75) is 19.3 Å². The molecule has 1 aliphatic rings. The number of anilines is 3. The van der Waals surface area contributed by atoms with Crippen molar-refractivity contribution in [1.82, 2.24) is 0 Å². The molecule has 0 spiro atoms. The van der Waals surface area contributed by atoms with Crippen molar-refractivity contribution in [2.24, 2.45) is 0 Å². The zero-order valence-corrected chi connectivity index (χ0v) is 32.7. The average Bonchev–Trinajstić information content (AvgIpc) is 3.51. The second kappa shape index (κ2) is 13.5. The van der Waals surface area contributed by atoms with Gasteiger partial charge in [0.15, 0.2) is 0 Å². The highest BCUT2D eigenvalue weighted by molar-refractivity contribution is 6.09. The Labute approximate surface area is 340 Å². The first-order valence-electron chi connectivity index (χ1n) is 20.2. The van der Waals surface area contributed by atoms with Crippen LogP contribution in [0.4, 0.5) is 17.1 Å². The number of rotatable bonds is 6. The monoisotopic (exact) mass is 739 g/mol. The molecule has 0 amide bonds. The summed E-state index contributed by atoms with van der Waals surface area (Å²) in [5.74, 6) is 0. The van der Waals surface area contributed by atoms with Crippen LogP contribution >= 0.6 is 0 Å². The van der Waals surface area contributed by atoms with Gasteiger partial charge in [0.25, 0.3) is 0 Å². The van der Waals surface area contributed by atoms with E-state index in [9.17, 15) is 0 Å². The first kappa shape index (κ1) is 34.1. The molecule has 1 aliphatic carbocycles. The largest absolute Gasteiger partial charge is 0.310 e. The summed E-state index contributed by atoms with van der Waals surface area (Å²) in [6, 6.07) is 78.2. The number of nitrogens with zero attached hydrogens (tertiary/aromatic N) is 1. The lowest BCUT2D eigenvalue weighted by atomic mass is 9.82. The quantitative estimate of drug-likeness (QED) is 0.154. The maximum absolute atomic E-state index is 2.43. The zero-order valence-electron chi connectivity index (χ0n) is 32.7. The molecule has 274 valence electrons. The Morgan fingerprint density at radius 1 is 0.293 bits per heavy atom. The van der Waals surface area contributed by atoms with Gasteiger partial charge in [-0.25, -0.2) is 0 Å². The number of benzene rings is 10. The van der Waals surface area contributed by atoms with Gasteiger partial charge in [0.05, 0.1) is 0 Å². The standard InChI is InChI=1S/C57H41N/c1-57(2)55-21-9-8-19-53(55)54-33-30-48(37-56(54)57)58(46-28-24-40(25-29-46)50-20-11-15-39-14-6-7-18-49(39)50)47-17-10-16-41(36-47)43-27-32-52-45(35-43)23-22-44-34-42(26-31-51(44)52)38-12-4-3-5-13-38/h3-37H,1-2H3. The molecule has 0 unspecified atom stereocenters. The van der Waals surface area contributed by atoms with Crippen molar-refractivity contribution < 1.29 is 0 Å². The summed E-state index contributed by atoms with van der Waals surface area (Å²) in [6.45, 7) is 4.72. The number of fused-ring (bicyclic) bond motifs is 7. The van der Waals surface area contributed by atoms with Gasteiger partial charge in [-0.2, -0.15) is 0 Å². The number of hydrogen-bond donors (Lipinski definition) is 0. The van der Waals surface area contributed by atoms with Gasteiger partial charge in [0.1, 0.15) is 0 Å². The fourth-order valence-corrected chi connectivity index (χ4v) is 9.43. The summed E-state index contributed by atoms with van der Waals surface area (Å²) >= 11 is 0. The second-order valence-electron chi connectivity index (χ2n) is 16.2. The summed E-state index contributed by atoms with van der Waals surface area (Å²) in [6.07, 6.45) is 0. The van der Waals surface area contributed by atoms with E-state index < -0.39 is 0 Å². The van der Waals surface area contributed by atoms with Crippen LogP contribution in [0, 0.1) is 0 Å². The molecule has 0 saturated heterocycles. The van der Waals surface area contributed by atoms with Gasteiger partial charge in [0.2, 0.25) is 0 Å². The van der Waals surface area contributed by atoms with Crippen LogP contribution in [0.5, 0.6) is 0 Å². The molecule has 1 nitrogen and oxygen atoms in total. The van der Waals surface area contributed by atoms with Gasteiger partial charge in [-0.15, -0.1) is 0 Å². The molecule has 0 N–H and O–H groups in total. The van der Waals surface area contributed by atoms with Crippen LogP contribution in [0.1, 0.15) is 25.0 Å². The molecule has 10 aromatic rings. The molecular formula is C57H41N. The van der Waals surface area contributed by atoms with Gasteiger partial charge in [-0.3, -0.25) is 0 Å². The summed E-state index contributed by atoms with van der Waals surface area (Å²) < 4.78 is 0. The van der Waals surface area contributed by atoms with Crippen LogP contribution in [0.15, 0.2) is 212 Å². The van der Waals surface area contributed by atoms with Crippen LogP contribution in [0.25, 0.3) is 76.8 Å². The molecule has 0 atom stereocenters. The molecule has 10 aromatic carbocycles. The van der Waals surface area contributed by atoms with Crippen molar-refractivity contribution in [3.8, 4) is 44.5 Å². The lowest BCUT2D eigenvalue weighted by molar-refractivity contribution is 0.660. The zero-order chi connectivity index (χ0) is 38.8. The van der Waals surface area contributed by atoms with E-state index in [1.54, 1.807) is 0 Å². The summed E-state index contributed by atoms with van der Waals surface area (Å²) in [5, 5.41) is 7.56. The Kier molecular flexibility index (Phi) is 7.91. The van der Waals surface area contributed by atoms with Gasteiger partial charge in [-0.05, 0) is 136 Å². The highest BCUT2D eigenvalue weighted by atomic mass is 15.1. The Morgan fingerprint density at radius 2 is 0.845 bits per heavy atom. The van der Waals surface area contributed by atoms with E-state index in [-0.39, 0.29) is 5.41 Å². The lowest BCUT2D eigenvalue weighted by Crippen LogP contribution is -2.16. The Morgan fingerprint density at radius 3 is 1.64 bits per heavy atom. The van der Waals surface area contributed by atoms with E-state index in [0.29, 0.717) is 0 Å². The predicted octanol–water partition coefficient (Wildman–Crippen LogP) is 15.9. The molecule has 0 heterocycles. The van der Waals surface area contributed by atoms with Crippen LogP contribution < -0.4 is 4.90 Å². The van der Waals surface area contributed by atoms with E-state index in [2.05, 4.69) is 231 Å². The van der Waals surface area contributed by atoms with Crippen molar-refractivity contribution in [3.05, 3.63) is 223 Å². The second-order valence-corrected chi connectivity index (χ2v) is 16.2. The van der Waals surface area contributed by atoms with E-state index in [4.69, 9.17) is 0 Å². The lowest BCUT2D eigenvalue weighted by Gasteiger charge is -2.28. The summed E-state index contributed by atoms with van der Waals surface area (Å²) in [7, 11) is 0. The number of hydrogen-bond acceptors (Lipinski definition) is 1. The van der Waals surface area contributed by atoms with Gasteiger partial charge in [0, 0.05) is 22.5 Å². The maximum Gasteiger partial charge on any atom is 0.0467 e. The maximum atomic E-state index is 2.43. The highest BCUT2D eigenvalue weighted by Crippen LogP contribution is 2.51. The normalized spacial score (nSPS) is 12.8. The minimum atomic E-state index is -0.105. The topological polar surface area (TPSA) is 3.24 Å². The van der Waals surface area contributed by atoms with E-state index in [1.807, 2.05) is 0 Å². The fraction of sp³-hybridized carbons (Fsp3) is 0.0526. The van der Waals surface area contributed by atoms with E-state index >= 15 is 0 Å². The molecule has 0 bridgehead atoms.